The van der Waals surface area contributed by atoms with Crippen LogP contribution in [0, 0.1) is 0 Å². The molecule has 10 heteroatoms. The van der Waals surface area contributed by atoms with Crippen LogP contribution in [-0.4, -0.2) is 62.1 Å². The average Bonchev–Trinajstić information content (AvgIpc) is 3.02. The predicted octanol–water partition coefficient (Wildman–Crippen LogP) is 5.47. The first-order valence-electron chi connectivity index (χ1n) is 13.8. The number of benzene rings is 2. The maximum Gasteiger partial charge on any atom is 0.260 e. The zero-order valence-corrected chi connectivity index (χ0v) is 23.8. The van der Waals surface area contributed by atoms with E-state index in [4.69, 9.17) is 16.6 Å². The largest absolute Gasteiger partial charge is 0.369 e. The van der Waals surface area contributed by atoms with Gasteiger partial charge >= 0.3 is 0 Å². The van der Waals surface area contributed by atoms with E-state index in [0.717, 1.165) is 54.9 Å². The van der Waals surface area contributed by atoms with Crippen molar-refractivity contribution in [1.82, 2.24) is 29.4 Å². The quantitative estimate of drug-likeness (QED) is 0.277. The number of nitrogens with one attached hydrogen (secondary N) is 1. The van der Waals surface area contributed by atoms with Crippen LogP contribution in [0.1, 0.15) is 13.8 Å². The van der Waals surface area contributed by atoms with Crippen LogP contribution in [0.4, 0.5) is 17.3 Å². The van der Waals surface area contributed by atoms with Crippen molar-refractivity contribution in [3.05, 3.63) is 88.8 Å². The van der Waals surface area contributed by atoms with Gasteiger partial charge in [-0.1, -0.05) is 30.7 Å². The zero-order valence-electron chi connectivity index (χ0n) is 23.1. The number of piperazine rings is 1. The lowest BCUT2D eigenvalue weighted by Gasteiger charge is -2.35. The van der Waals surface area contributed by atoms with Gasteiger partial charge in [-0.25, -0.2) is 15.0 Å². The zero-order chi connectivity index (χ0) is 28.3. The Morgan fingerprint density at radius 3 is 2.29 bits per heavy atom. The van der Waals surface area contributed by atoms with Gasteiger partial charge in [-0.15, -0.1) is 0 Å². The Labute approximate surface area is 243 Å². The van der Waals surface area contributed by atoms with Gasteiger partial charge in [0.05, 0.1) is 0 Å². The van der Waals surface area contributed by atoms with Gasteiger partial charge in [-0.3, -0.25) is 9.36 Å². The lowest BCUT2D eigenvalue weighted by molar-refractivity contribution is 0.271. The molecule has 0 saturated carbocycles. The minimum absolute atomic E-state index is 0.158. The van der Waals surface area contributed by atoms with E-state index in [1.807, 2.05) is 43.3 Å². The first-order valence-corrected chi connectivity index (χ1v) is 14.2. The van der Waals surface area contributed by atoms with Gasteiger partial charge < -0.3 is 15.1 Å². The van der Waals surface area contributed by atoms with Crippen LogP contribution in [0.25, 0.3) is 33.3 Å². The Kier molecular flexibility index (Phi) is 7.63. The Hall–Kier alpha value is -4.34. The maximum absolute atomic E-state index is 13.6. The summed E-state index contributed by atoms with van der Waals surface area (Å²) < 4.78 is 1.66. The second kappa shape index (κ2) is 11.6. The van der Waals surface area contributed by atoms with Crippen molar-refractivity contribution in [2.45, 2.75) is 20.4 Å². The van der Waals surface area contributed by atoms with Gasteiger partial charge in [0, 0.05) is 89.8 Å². The van der Waals surface area contributed by atoms with E-state index >= 15 is 0 Å². The number of fused-ring (bicyclic) bond motifs is 1. The number of rotatable bonds is 7. The van der Waals surface area contributed by atoms with E-state index in [-0.39, 0.29) is 5.56 Å². The fourth-order valence-corrected chi connectivity index (χ4v) is 5.56. The number of halogens is 1. The smallest absolute Gasteiger partial charge is 0.260 e. The highest BCUT2D eigenvalue weighted by Crippen LogP contribution is 2.32. The normalized spacial score (nSPS) is 14.0. The third-order valence-corrected chi connectivity index (χ3v) is 7.92. The number of likely N-dealkylation sites (N-methyl/N-ethyl adjacent to an activating group) is 1. The molecule has 4 heterocycles. The fraction of sp³-hybridized carbons (Fsp3) is 0.258. The molecule has 5 aromatic rings. The molecular weight excluding hydrogens is 536 g/mol. The van der Waals surface area contributed by atoms with E-state index in [1.54, 1.807) is 23.2 Å². The molecule has 1 saturated heterocycles. The van der Waals surface area contributed by atoms with Crippen LogP contribution in [0.15, 0.2) is 78.2 Å². The molecule has 0 amide bonds. The van der Waals surface area contributed by atoms with E-state index < -0.39 is 0 Å². The molecule has 0 radical (unpaired) electrons. The Morgan fingerprint density at radius 1 is 0.854 bits per heavy atom. The number of hydrogen-bond acceptors (Lipinski definition) is 8. The number of nitrogens with zero attached hydrogens (tertiary/aromatic N) is 7. The molecule has 0 bridgehead atoms. The standard InChI is InChI=1S/C31H31ClN8O/c1-3-38-11-13-39(14-12-38)25-8-6-24(7-9-25)36-31-35-19-22-15-27(30(41)40(4-2)29(22)37-31)26-10-5-21(16-28(26)32)23-17-33-20-34-18-23/h5-10,15-20H,3-4,11-14H2,1-2H3,(H,35,36,37). The van der Waals surface area contributed by atoms with Crippen molar-refractivity contribution in [2.24, 2.45) is 0 Å². The van der Waals surface area contributed by atoms with E-state index in [1.165, 1.54) is 12.0 Å². The SMILES string of the molecule is CCN1CCN(c2ccc(Nc3ncc4cc(-c5ccc(-c6cncnc6)cc5Cl)c(=O)n(CC)c4n3)cc2)CC1. The van der Waals surface area contributed by atoms with Crippen molar-refractivity contribution in [2.75, 3.05) is 42.9 Å². The summed E-state index contributed by atoms with van der Waals surface area (Å²) in [7, 11) is 0. The molecule has 1 N–H and O–H groups in total. The molecule has 1 aliphatic heterocycles. The van der Waals surface area contributed by atoms with Gasteiger partial charge in [-0.2, -0.15) is 4.98 Å². The first kappa shape index (κ1) is 26.9. The molecule has 9 nitrogen and oxygen atoms in total. The number of aryl methyl sites for hydroxylation is 1. The van der Waals surface area contributed by atoms with E-state index in [9.17, 15) is 4.79 Å². The molecule has 0 spiro atoms. The van der Waals surface area contributed by atoms with Crippen molar-refractivity contribution in [3.8, 4) is 22.3 Å². The number of aromatic nitrogens is 5. The van der Waals surface area contributed by atoms with E-state index in [0.29, 0.717) is 34.3 Å². The highest BCUT2D eigenvalue weighted by molar-refractivity contribution is 6.33. The highest BCUT2D eigenvalue weighted by atomic mass is 35.5. The van der Waals surface area contributed by atoms with Crippen molar-refractivity contribution in [3.63, 3.8) is 0 Å². The van der Waals surface area contributed by atoms with Crippen molar-refractivity contribution >= 4 is 40.0 Å². The Balaban J connectivity index is 1.26. The summed E-state index contributed by atoms with van der Waals surface area (Å²) in [5, 5.41) is 4.52. The lowest BCUT2D eigenvalue weighted by atomic mass is 10.0. The molecule has 1 fully saturated rings. The number of hydrogen-bond donors (Lipinski definition) is 1. The number of pyridine rings is 1. The molecule has 1 aliphatic rings. The van der Waals surface area contributed by atoms with Crippen LogP contribution in [-0.2, 0) is 6.54 Å². The maximum atomic E-state index is 13.6. The molecule has 208 valence electrons. The molecule has 0 unspecified atom stereocenters. The topological polar surface area (TPSA) is 92.1 Å². The number of anilines is 3. The summed E-state index contributed by atoms with van der Waals surface area (Å²) in [5.74, 6) is 0.434. The second-order valence-corrected chi connectivity index (χ2v) is 10.4. The molecular formula is C31H31ClN8O. The first-order chi connectivity index (χ1) is 20.0. The summed E-state index contributed by atoms with van der Waals surface area (Å²) in [6.45, 7) is 9.92. The van der Waals surface area contributed by atoms with Crippen LogP contribution >= 0.6 is 11.6 Å². The van der Waals surface area contributed by atoms with E-state index in [2.05, 4.69) is 49.1 Å². The fourth-order valence-electron chi connectivity index (χ4n) is 5.27. The van der Waals surface area contributed by atoms with Crippen LogP contribution < -0.4 is 15.8 Å². The summed E-state index contributed by atoms with van der Waals surface area (Å²) in [6, 6.07) is 15.7. The average molecular weight is 567 g/mol. The summed E-state index contributed by atoms with van der Waals surface area (Å²) in [6.07, 6.45) is 6.68. The molecule has 0 atom stereocenters. The molecule has 0 aliphatic carbocycles. The van der Waals surface area contributed by atoms with Gasteiger partial charge in [0.25, 0.3) is 5.56 Å². The van der Waals surface area contributed by atoms with Crippen LogP contribution in [0.5, 0.6) is 0 Å². The Bertz CT molecular complexity index is 1730. The molecule has 2 aromatic carbocycles. The van der Waals surface area contributed by atoms with Crippen LogP contribution in [0.2, 0.25) is 5.02 Å². The van der Waals surface area contributed by atoms with Crippen LogP contribution in [0.3, 0.4) is 0 Å². The summed E-state index contributed by atoms with van der Waals surface area (Å²) >= 11 is 6.69. The Morgan fingerprint density at radius 2 is 1.61 bits per heavy atom. The van der Waals surface area contributed by atoms with Gasteiger partial charge in [0.1, 0.15) is 12.0 Å². The lowest BCUT2D eigenvalue weighted by Crippen LogP contribution is -2.46. The predicted molar refractivity (Wildman–Crippen MR) is 165 cm³/mol. The third kappa shape index (κ3) is 5.51. The van der Waals surface area contributed by atoms with Gasteiger partial charge in [-0.05, 0) is 55.4 Å². The van der Waals surface area contributed by atoms with Gasteiger partial charge in [0.15, 0.2) is 0 Å². The summed E-state index contributed by atoms with van der Waals surface area (Å²) in [4.78, 5) is 35.9. The minimum Gasteiger partial charge on any atom is -0.369 e. The second-order valence-electron chi connectivity index (χ2n) is 9.99. The molecule has 6 rings (SSSR count). The van der Waals surface area contributed by atoms with Crippen molar-refractivity contribution < 1.29 is 0 Å². The monoisotopic (exact) mass is 566 g/mol. The van der Waals surface area contributed by atoms with Crippen molar-refractivity contribution in [1.29, 1.82) is 0 Å². The third-order valence-electron chi connectivity index (χ3n) is 7.60. The minimum atomic E-state index is -0.158. The molecule has 41 heavy (non-hydrogen) atoms. The summed E-state index contributed by atoms with van der Waals surface area (Å²) in [5.41, 5.74) is 5.39. The molecule has 3 aromatic heterocycles. The highest BCUT2D eigenvalue weighted by Gasteiger charge is 2.17. The van der Waals surface area contributed by atoms with Gasteiger partial charge in [0.2, 0.25) is 5.95 Å².